The zero-order chi connectivity index (χ0) is 21.1. The topological polar surface area (TPSA) is 80.1 Å². The van der Waals surface area contributed by atoms with Crippen LogP contribution in [0.3, 0.4) is 0 Å². The van der Waals surface area contributed by atoms with Crippen LogP contribution in [0.1, 0.15) is 39.2 Å². The van der Waals surface area contributed by atoms with Crippen molar-refractivity contribution in [3.05, 3.63) is 52.7 Å². The number of hydrogen-bond donors (Lipinski definition) is 0. The number of Topliss-reactive ketones (excluding diaryl/α,β-unsaturated/α-hetero) is 1. The number of halogens is 1. The minimum absolute atomic E-state index is 0.193. The Morgan fingerprint density at radius 1 is 1.10 bits per heavy atom. The van der Waals surface area contributed by atoms with Crippen LogP contribution in [-0.2, 0) is 9.53 Å². The molecule has 0 saturated carbocycles. The highest BCUT2D eigenvalue weighted by Gasteiger charge is 2.24. The third kappa shape index (κ3) is 4.64. The summed E-state index contributed by atoms with van der Waals surface area (Å²) in [6.07, 6.45) is 0. The van der Waals surface area contributed by atoms with Gasteiger partial charge in [0.2, 0.25) is 0 Å². The average Bonchev–Trinajstić information content (AvgIpc) is 3.04. The molecule has 1 saturated heterocycles. The number of ketones is 1. The highest BCUT2D eigenvalue weighted by Crippen LogP contribution is 2.22. The van der Waals surface area contributed by atoms with Crippen molar-refractivity contribution in [3.8, 4) is 0 Å². The second kappa shape index (κ2) is 8.46. The molecule has 1 amide bonds. The predicted molar refractivity (Wildman–Crippen MR) is 104 cm³/mol. The van der Waals surface area contributed by atoms with Gasteiger partial charge in [0.05, 0.1) is 5.69 Å². The second-order valence-electron chi connectivity index (χ2n) is 6.99. The summed E-state index contributed by atoms with van der Waals surface area (Å²) in [4.78, 5) is 39.2. The molecule has 0 bridgehead atoms. The highest BCUT2D eigenvalue weighted by atomic mass is 19.1. The van der Waals surface area contributed by atoms with Crippen LogP contribution >= 0.6 is 0 Å². The number of carbonyl (C=O) groups excluding carboxylic acids is 3. The number of furan rings is 1. The Hall–Kier alpha value is -3.16. The maximum atomic E-state index is 14.3. The number of carbonyl (C=O) groups is 3. The first-order valence-corrected chi connectivity index (χ1v) is 9.33. The van der Waals surface area contributed by atoms with Crippen LogP contribution in [0.5, 0.6) is 0 Å². The molecule has 154 valence electrons. The maximum Gasteiger partial charge on any atom is 0.342 e. The van der Waals surface area contributed by atoms with E-state index in [1.165, 1.54) is 13.0 Å². The number of esters is 1. The van der Waals surface area contributed by atoms with Gasteiger partial charge in [0.25, 0.3) is 5.91 Å². The molecule has 0 atom stereocenters. The van der Waals surface area contributed by atoms with Gasteiger partial charge in [0.15, 0.2) is 12.4 Å². The lowest BCUT2D eigenvalue weighted by Crippen LogP contribution is -2.50. The monoisotopic (exact) mass is 402 g/mol. The summed E-state index contributed by atoms with van der Waals surface area (Å²) in [6, 6.07) is 5.99. The molecule has 8 heteroatoms. The van der Waals surface area contributed by atoms with Crippen LogP contribution in [0.15, 0.2) is 28.7 Å². The Balaban J connectivity index is 1.52. The zero-order valence-corrected chi connectivity index (χ0v) is 16.7. The first kappa shape index (κ1) is 20.6. The van der Waals surface area contributed by atoms with E-state index in [4.69, 9.17) is 9.15 Å². The van der Waals surface area contributed by atoms with Gasteiger partial charge in [-0.2, -0.15) is 0 Å². The van der Waals surface area contributed by atoms with Crippen molar-refractivity contribution >= 4 is 23.3 Å². The van der Waals surface area contributed by atoms with Gasteiger partial charge in [0, 0.05) is 31.7 Å². The Kier molecular flexibility index (Phi) is 6.00. The Bertz CT molecular complexity index is 945. The lowest BCUT2D eigenvalue weighted by atomic mass is 10.1. The maximum absolute atomic E-state index is 14.3. The molecule has 1 aromatic heterocycles. The quantitative estimate of drug-likeness (QED) is 0.565. The van der Waals surface area contributed by atoms with E-state index >= 15 is 0 Å². The molecule has 0 spiro atoms. The lowest BCUT2D eigenvalue weighted by molar-refractivity contribution is -0.134. The second-order valence-corrected chi connectivity index (χ2v) is 6.99. The predicted octanol–water partition coefficient (Wildman–Crippen LogP) is 2.74. The fraction of sp³-hybridized carbons (Fsp3) is 0.381. The zero-order valence-electron chi connectivity index (χ0n) is 16.7. The van der Waals surface area contributed by atoms with Crippen LogP contribution in [0.2, 0.25) is 0 Å². The molecule has 3 rings (SSSR count). The number of rotatable bonds is 5. The normalized spacial score (nSPS) is 14.1. The smallest absolute Gasteiger partial charge is 0.342 e. The van der Waals surface area contributed by atoms with Crippen LogP contribution in [0.4, 0.5) is 10.1 Å². The number of nitrogens with zero attached hydrogens (tertiary/aromatic N) is 2. The van der Waals surface area contributed by atoms with Gasteiger partial charge in [-0.05, 0) is 45.0 Å². The number of amides is 1. The molecule has 7 nitrogen and oxygen atoms in total. The molecule has 29 heavy (non-hydrogen) atoms. The molecule has 1 aromatic carbocycles. The third-order valence-electron chi connectivity index (χ3n) is 4.91. The summed E-state index contributed by atoms with van der Waals surface area (Å²) >= 11 is 0. The van der Waals surface area contributed by atoms with E-state index in [1.807, 2.05) is 4.90 Å². The van der Waals surface area contributed by atoms with Crippen molar-refractivity contribution in [2.75, 3.05) is 37.7 Å². The molecule has 0 radical (unpaired) electrons. The third-order valence-corrected chi connectivity index (χ3v) is 4.91. The molecule has 1 aliphatic heterocycles. The van der Waals surface area contributed by atoms with E-state index in [-0.39, 0.29) is 18.3 Å². The number of benzene rings is 1. The fourth-order valence-electron chi connectivity index (χ4n) is 3.31. The van der Waals surface area contributed by atoms with Gasteiger partial charge in [0.1, 0.15) is 22.9 Å². The molecule has 1 aliphatic rings. The highest BCUT2D eigenvalue weighted by molar-refractivity contribution is 5.94. The fourth-order valence-corrected chi connectivity index (χ4v) is 3.31. The number of aryl methyl sites for hydroxylation is 2. The van der Waals surface area contributed by atoms with Crippen molar-refractivity contribution < 1.29 is 27.9 Å². The van der Waals surface area contributed by atoms with Crippen LogP contribution in [0, 0.1) is 19.7 Å². The van der Waals surface area contributed by atoms with Gasteiger partial charge < -0.3 is 19.0 Å². The summed E-state index contributed by atoms with van der Waals surface area (Å²) in [6.45, 7) is 6.07. The summed E-state index contributed by atoms with van der Waals surface area (Å²) in [5.74, 6) is -0.507. The standard InChI is InChI=1S/C21H23FN2O5/c1-13-10-17(15(3)29-13)21(27)28-12-20(26)24-8-6-23(7-9-24)19-5-4-16(14(2)25)11-18(19)22/h4-5,10-11H,6-9,12H2,1-3H3. The van der Waals surface area contributed by atoms with E-state index in [2.05, 4.69) is 0 Å². The van der Waals surface area contributed by atoms with Crippen LogP contribution in [0.25, 0.3) is 0 Å². The SMILES string of the molecule is CC(=O)c1ccc(N2CCN(C(=O)COC(=O)c3cc(C)oc3C)CC2)c(F)c1. The molecule has 0 unspecified atom stereocenters. The molecule has 1 fully saturated rings. The summed E-state index contributed by atoms with van der Waals surface area (Å²) in [7, 11) is 0. The van der Waals surface area contributed by atoms with Gasteiger partial charge in [-0.25, -0.2) is 9.18 Å². The van der Waals surface area contributed by atoms with Crippen molar-refractivity contribution in [3.63, 3.8) is 0 Å². The molecule has 2 aromatic rings. The van der Waals surface area contributed by atoms with E-state index in [0.29, 0.717) is 54.5 Å². The molecule has 0 N–H and O–H groups in total. The number of piperazine rings is 1. The Morgan fingerprint density at radius 3 is 2.34 bits per heavy atom. The average molecular weight is 402 g/mol. The Morgan fingerprint density at radius 2 is 1.79 bits per heavy atom. The summed E-state index contributed by atoms with van der Waals surface area (Å²) < 4.78 is 24.7. The van der Waals surface area contributed by atoms with Crippen molar-refractivity contribution in [1.82, 2.24) is 4.90 Å². The van der Waals surface area contributed by atoms with Gasteiger partial charge >= 0.3 is 5.97 Å². The largest absolute Gasteiger partial charge is 0.466 e. The van der Waals surface area contributed by atoms with E-state index in [9.17, 15) is 18.8 Å². The molecular weight excluding hydrogens is 379 g/mol. The van der Waals surface area contributed by atoms with Crippen LogP contribution < -0.4 is 4.90 Å². The van der Waals surface area contributed by atoms with Crippen molar-refractivity contribution in [2.24, 2.45) is 0 Å². The number of hydrogen-bond acceptors (Lipinski definition) is 6. The van der Waals surface area contributed by atoms with Gasteiger partial charge in [-0.1, -0.05) is 0 Å². The minimum atomic E-state index is -0.598. The van der Waals surface area contributed by atoms with Crippen molar-refractivity contribution in [2.45, 2.75) is 20.8 Å². The molecule has 2 heterocycles. The van der Waals surface area contributed by atoms with Gasteiger partial charge in [-0.3, -0.25) is 9.59 Å². The number of ether oxygens (including phenoxy) is 1. The van der Waals surface area contributed by atoms with E-state index in [1.54, 1.807) is 36.9 Å². The van der Waals surface area contributed by atoms with Crippen molar-refractivity contribution in [1.29, 1.82) is 0 Å². The summed E-state index contributed by atoms with van der Waals surface area (Å²) in [5, 5.41) is 0. The van der Waals surface area contributed by atoms with E-state index in [0.717, 1.165) is 0 Å². The first-order valence-electron chi connectivity index (χ1n) is 9.33. The van der Waals surface area contributed by atoms with E-state index < -0.39 is 11.8 Å². The Labute approximate surface area is 168 Å². The summed E-state index contributed by atoms with van der Waals surface area (Å²) in [5.41, 5.74) is 1.04. The number of anilines is 1. The van der Waals surface area contributed by atoms with Gasteiger partial charge in [-0.15, -0.1) is 0 Å². The molecular formula is C21H23FN2O5. The minimum Gasteiger partial charge on any atom is -0.466 e. The molecule has 0 aliphatic carbocycles. The first-order chi connectivity index (χ1) is 13.8. The van der Waals surface area contributed by atoms with Crippen LogP contribution in [-0.4, -0.2) is 55.3 Å². The lowest BCUT2D eigenvalue weighted by Gasteiger charge is -2.36.